The first-order valence-corrected chi connectivity index (χ1v) is 7.43. The summed E-state index contributed by atoms with van der Waals surface area (Å²) in [6.07, 6.45) is -1.10. The van der Waals surface area contributed by atoms with Crippen LogP contribution < -0.4 is 0 Å². The molecule has 2 saturated heterocycles. The molecule has 4 atom stereocenters. The highest BCUT2D eigenvalue weighted by Gasteiger charge is 2.54. The molecule has 0 saturated carbocycles. The van der Waals surface area contributed by atoms with E-state index in [1.165, 1.54) is 5.56 Å². The lowest BCUT2D eigenvalue weighted by Crippen LogP contribution is -2.47. The van der Waals surface area contributed by atoms with Gasteiger partial charge in [0.2, 0.25) is 0 Å². The van der Waals surface area contributed by atoms with Gasteiger partial charge in [-0.15, -0.1) is 0 Å². The van der Waals surface area contributed by atoms with Crippen LogP contribution in [0.15, 0.2) is 30.3 Å². The maximum Gasteiger partial charge on any atom is 0.163 e. The number of rotatable bonds is 4. The standard InChI is InChI=1S/C16H23NO4/c1-16(2)20-13-9-17(8-11-6-4-3-5-7-11)14(12(19)10-18)15(13)21-16/h3-7,12-15,18-19H,8-10H2,1-2H3/t12-,13+,14+,15-/m1/s1. The van der Waals surface area contributed by atoms with Crippen LogP contribution in [-0.4, -0.2) is 58.4 Å². The molecule has 2 fully saturated rings. The molecule has 2 aliphatic heterocycles. The van der Waals surface area contributed by atoms with Crippen LogP contribution >= 0.6 is 0 Å². The zero-order chi connectivity index (χ0) is 15.0. The first-order chi connectivity index (χ1) is 10.00. The van der Waals surface area contributed by atoms with E-state index in [0.717, 1.165) is 0 Å². The second kappa shape index (κ2) is 5.66. The van der Waals surface area contributed by atoms with Gasteiger partial charge in [0.15, 0.2) is 5.79 Å². The van der Waals surface area contributed by atoms with Crippen molar-refractivity contribution in [3.05, 3.63) is 35.9 Å². The number of likely N-dealkylation sites (tertiary alicyclic amines) is 1. The minimum absolute atomic E-state index is 0.0603. The number of hydrogen-bond donors (Lipinski definition) is 2. The van der Waals surface area contributed by atoms with Gasteiger partial charge in [0.25, 0.3) is 0 Å². The molecule has 0 radical (unpaired) electrons. The summed E-state index contributed by atoms with van der Waals surface area (Å²) >= 11 is 0. The van der Waals surface area contributed by atoms with Gasteiger partial charge in [0, 0.05) is 13.1 Å². The van der Waals surface area contributed by atoms with Crippen molar-refractivity contribution in [3.63, 3.8) is 0 Å². The normalized spacial score (nSPS) is 33.0. The third-order valence-electron chi connectivity index (χ3n) is 4.20. The highest BCUT2D eigenvalue weighted by molar-refractivity contribution is 5.16. The van der Waals surface area contributed by atoms with E-state index in [4.69, 9.17) is 9.47 Å². The van der Waals surface area contributed by atoms with Gasteiger partial charge in [0.1, 0.15) is 12.2 Å². The Morgan fingerprint density at radius 3 is 2.67 bits per heavy atom. The Morgan fingerprint density at radius 1 is 1.29 bits per heavy atom. The summed E-state index contributed by atoms with van der Waals surface area (Å²) < 4.78 is 11.9. The van der Waals surface area contributed by atoms with E-state index < -0.39 is 11.9 Å². The Bertz CT molecular complexity index is 478. The molecular formula is C16H23NO4. The van der Waals surface area contributed by atoms with Gasteiger partial charge in [-0.25, -0.2) is 0 Å². The summed E-state index contributed by atoms with van der Waals surface area (Å²) in [5, 5.41) is 19.6. The maximum absolute atomic E-state index is 10.2. The number of benzene rings is 1. The van der Waals surface area contributed by atoms with Crippen LogP contribution in [0.1, 0.15) is 19.4 Å². The van der Waals surface area contributed by atoms with Crippen molar-refractivity contribution in [2.75, 3.05) is 13.2 Å². The molecule has 5 nitrogen and oxygen atoms in total. The van der Waals surface area contributed by atoms with Crippen molar-refractivity contribution >= 4 is 0 Å². The van der Waals surface area contributed by atoms with Gasteiger partial charge < -0.3 is 19.7 Å². The van der Waals surface area contributed by atoms with Gasteiger partial charge in [-0.05, 0) is 19.4 Å². The Labute approximate surface area is 125 Å². The molecule has 0 aromatic heterocycles. The minimum Gasteiger partial charge on any atom is -0.394 e. The summed E-state index contributed by atoms with van der Waals surface area (Å²) in [5.41, 5.74) is 1.17. The molecule has 5 heteroatoms. The molecule has 0 amide bonds. The lowest BCUT2D eigenvalue weighted by atomic mass is 10.0. The molecule has 0 aliphatic carbocycles. The topological polar surface area (TPSA) is 62.2 Å². The molecule has 116 valence electrons. The molecule has 0 unspecified atom stereocenters. The molecule has 0 bridgehead atoms. The van der Waals surface area contributed by atoms with Gasteiger partial charge in [0.05, 0.1) is 18.8 Å². The highest BCUT2D eigenvalue weighted by atomic mass is 16.8. The molecule has 21 heavy (non-hydrogen) atoms. The number of aliphatic hydroxyl groups excluding tert-OH is 2. The number of fused-ring (bicyclic) bond motifs is 1. The number of nitrogens with zero attached hydrogens (tertiary/aromatic N) is 1. The predicted octanol–water partition coefficient (Wildman–Crippen LogP) is 0.744. The fourth-order valence-electron chi connectivity index (χ4n) is 3.41. The smallest absolute Gasteiger partial charge is 0.163 e. The molecule has 0 spiro atoms. The fraction of sp³-hybridized carbons (Fsp3) is 0.625. The Hall–Kier alpha value is -0.980. The maximum atomic E-state index is 10.2. The third kappa shape index (κ3) is 2.98. The van der Waals surface area contributed by atoms with E-state index in [1.807, 2.05) is 32.0 Å². The van der Waals surface area contributed by atoms with E-state index >= 15 is 0 Å². The van der Waals surface area contributed by atoms with Crippen LogP contribution in [0.3, 0.4) is 0 Å². The Kier molecular flexibility index (Phi) is 4.03. The predicted molar refractivity (Wildman–Crippen MR) is 77.6 cm³/mol. The van der Waals surface area contributed by atoms with Crippen LogP contribution in [0.25, 0.3) is 0 Å². The molecule has 1 aromatic rings. The second-order valence-electron chi connectivity index (χ2n) is 6.29. The first-order valence-electron chi connectivity index (χ1n) is 7.43. The minimum atomic E-state index is -0.832. The van der Waals surface area contributed by atoms with Crippen molar-refractivity contribution in [1.82, 2.24) is 4.90 Å². The van der Waals surface area contributed by atoms with Gasteiger partial charge in [-0.1, -0.05) is 30.3 Å². The SMILES string of the molecule is CC1(C)O[C@H]2[C@H]([C@H](O)CO)N(Cc3ccccc3)C[C@@H]2O1. The first kappa shape index (κ1) is 14.9. The van der Waals surface area contributed by atoms with Crippen LogP contribution in [0.5, 0.6) is 0 Å². The highest BCUT2D eigenvalue weighted by Crippen LogP contribution is 2.38. The van der Waals surface area contributed by atoms with Crippen molar-refractivity contribution in [2.45, 2.75) is 50.5 Å². The molecular weight excluding hydrogens is 270 g/mol. The molecule has 2 aliphatic rings. The molecule has 3 rings (SSSR count). The van der Waals surface area contributed by atoms with Gasteiger partial charge >= 0.3 is 0 Å². The molecule has 1 aromatic carbocycles. The number of aliphatic hydroxyl groups is 2. The zero-order valence-electron chi connectivity index (χ0n) is 12.5. The van der Waals surface area contributed by atoms with E-state index in [-0.39, 0.29) is 24.9 Å². The summed E-state index contributed by atoms with van der Waals surface area (Å²) in [7, 11) is 0. The molecule has 2 N–H and O–H groups in total. The number of ether oxygens (including phenoxy) is 2. The van der Waals surface area contributed by atoms with Crippen LogP contribution in [0.2, 0.25) is 0 Å². The van der Waals surface area contributed by atoms with E-state index in [1.54, 1.807) is 0 Å². The van der Waals surface area contributed by atoms with Crippen LogP contribution in [-0.2, 0) is 16.0 Å². The van der Waals surface area contributed by atoms with Crippen molar-refractivity contribution in [1.29, 1.82) is 0 Å². The Balaban J connectivity index is 1.78. The van der Waals surface area contributed by atoms with Crippen LogP contribution in [0, 0.1) is 0 Å². The average molecular weight is 293 g/mol. The second-order valence-corrected chi connectivity index (χ2v) is 6.29. The van der Waals surface area contributed by atoms with E-state index in [0.29, 0.717) is 13.1 Å². The lowest BCUT2D eigenvalue weighted by molar-refractivity contribution is -0.169. The number of hydrogen-bond acceptors (Lipinski definition) is 5. The summed E-state index contributed by atoms with van der Waals surface area (Å²) in [6.45, 7) is 4.90. The zero-order valence-corrected chi connectivity index (χ0v) is 12.5. The van der Waals surface area contributed by atoms with Crippen molar-refractivity contribution in [2.24, 2.45) is 0 Å². The van der Waals surface area contributed by atoms with E-state index in [9.17, 15) is 10.2 Å². The lowest BCUT2D eigenvalue weighted by Gasteiger charge is -2.32. The molecule has 2 heterocycles. The largest absolute Gasteiger partial charge is 0.394 e. The van der Waals surface area contributed by atoms with Crippen molar-refractivity contribution < 1.29 is 19.7 Å². The van der Waals surface area contributed by atoms with Gasteiger partial charge in [-0.3, -0.25) is 4.90 Å². The Morgan fingerprint density at radius 2 is 2.00 bits per heavy atom. The summed E-state index contributed by atoms with van der Waals surface area (Å²) in [4.78, 5) is 2.14. The van der Waals surface area contributed by atoms with E-state index in [2.05, 4.69) is 17.0 Å². The fourth-order valence-corrected chi connectivity index (χ4v) is 3.41. The monoisotopic (exact) mass is 293 g/mol. The summed E-state index contributed by atoms with van der Waals surface area (Å²) in [5.74, 6) is -0.623. The average Bonchev–Trinajstić information content (AvgIpc) is 2.90. The van der Waals surface area contributed by atoms with Gasteiger partial charge in [-0.2, -0.15) is 0 Å². The summed E-state index contributed by atoms with van der Waals surface area (Å²) in [6, 6.07) is 9.85. The van der Waals surface area contributed by atoms with Crippen molar-refractivity contribution in [3.8, 4) is 0 Å². The third-order valence-corrected chi connectivity index (χ3v) is 4.20. The van der Waals surface area contributed by atoms with Crippen LogP contribution in [0.4, 0.5) is 0 Å². The quantitative estimate of drug-likeness (QED) is 0.857.